The van der Waals surface area contributed by atoms with Gasteiger partial charge in [0.2, 0.25) is 5.91 Å². The van der Waals surface area contributed by atoms with Crippen LogP contribution >= 0.6 is 11.8 Å². The molecular formula is C21H31N3OS. The summed E-state index contributed by atoms with van der Waals surface area (Å²) < 4.78 is 0. The lowest BCUT2D eigenvalue weighted by molar-refractivity contribution is -0.117. The predicted molar refractivity (Wildman–Crippen MR) is 110 cm³/mol. The second kappa shape index (κ2) is 8.32. The molecule has 0 spiro atoms. The molecule has 1 aromatic rings. The van der Waals surface area contributed by atoms with Crippen LogP contribution in [0.4, 0.5) is 5.69 Å². The van der Waals surface area contributed by atoms with Crippen LogP contribution in [0.1, 0.15) is 43.2 Å². The molecule has 2 N–H and O–H groups in total. The third-order valence-corrected chi connectivity index (χ3v) is 7.32. The van der Waals surface area contributed by atoms with Gasteiger partial charge >= 0.3 is 0 Å². The number of nitrogens with zero attached hydrogens (tertiary/aromatic N) is 1. The molecule has 4 nitrogen and oxygen atoms in total. The first-order chi connectivity index (χ1) is 12.7. The van der Waals surface area contributed by atoms with Crippen molar-refractivity contribution in [3.05, 3.63) is 29.3 Å². The summed E-state index contributed by atoms with van der Waals surface area (Å²) in [4.78, 5) is 15.3. The number of anilines is 1. The number of fused-ring (bicyclic) bond motifs is 1. The quantitative estimate of drug-likeness (QED) is 0.849. The summed E-state index contributed by atoms with van der Waals surface area (Å²) in [5.74, 6) is 3.30. The molecule has 4 rings (SSSR count). The summed E-state index contributed by atoms with van der Waals surface area (Å²) in [5, 5.41) is 6.81. The fraction of sp³-hybridized carbons (Fsp3) is 0.667. The molecule has 3 atom stereocenters. The van der Waals surface area contributed by atoms with Gasteiger partial charge in [0.15, 0.2) is 0 Å². The Morgan fingerprint density at radius 3 is 2.88 bits per heavy atom. The Balaban J connectivity index is 1.39. The van der Waals surface area contributed by atoms with Gasteiger partial charge < -0.3 is 10.6 Å². The molecule has 5 heteroatoms. The van der Waals surface area contributed by atoms with Crippen LogP contribution in [0.15, 0.2) is 18.2 Å². The monoisotopic (exact) mass is 373 g/mol. The van der Waals surface area contributed by atoms with E-state index in [9.17, 15) is 4.79 Å². The van der Waals surface area contributed by atoms with Gasteiger partial charge in [0, 0.05) is 42.9 Å². The largest absolute Gasteiger partial charge is 0.324 e. The molecule has 3 aliphatic rings. The highest BCUT2D eigenvalue weighted by atomic mass is 32.2. The molecule has 1 aromatic carbocycles. The average molecular weight is 374 g/mol. The van der Waals surface area contributed by atoms with Gasteiger partial charge in [-0.1, -0.05) is 25.0 Å². The van der Waals surface area contributed by atoms with E-state index in [-0.39, 0.29) is 11.9 Å². The maximum absolute atomic E-state index is 12.8. The minimum Gasteiger partial charge on any atom is -0.324 e. The van der Waals surface area contributed by atoms with Crippen molar-refractivity contribution in [3.63, 3.8) is 0 Å². The fourth-order valence-corrected chi connectivity index (χ4v) is 5.71. The van der Waals surface area contributed by atoms with E-state index < -0.39 is 0 Å². The lowest BCUT2D eigenvalue weighted by atomic mass is 9.85. The van der Waals surface area contributed by atoms with Gasteiger partial charge in [-0.15, -0.1) is 0 Å². The molecule has 2 aliphatic heterocycles. The van der Waals surface area contributed by atoms with Gasteiger partial charge in [0.1, 0.15) is 0 Å². The molecule has 0 aromatic heterocycles. The third-order valence-electron chi connectivity index (χ3n) is 6.38. The first-order valence-corrected chi connectivity index (χ1v) is 11.3. The number of hydrogen-bond donors (Lipinski definition) is 2. The zero-order valence-electron chi connectivity index (χ0n) is 15.8. The number of amides is 1. The van der Waals surface area contributed by atoms with E-state index in [0.717, 1.165) is 31.7 Å². The van der Waals surface area contributed by atoms with E-state index in [1.807, 2.05) is 17.8 Å². The van der Waals surface area contributed by atoms with Crippen molar-refractivity contribution in [2.45, 2.75) is 57.7 Å². The molecule has 142 valence electrons. The van der Waals surface area contributed by atoms with E-state index in [1.165, 1.54) is 48.3 Å². The third kappa shape index (κ3) is 4.10. The molecular weight excluding hydrogens is 342 g/mol. The van der Waals surface area contributed by atoms with Crippen LogP contribution in [0.3, 0.4) is 0 Å². The molecule has 26 heavy (non-hydrogen) atoms. The second-order valence-electron chi connectivity index (χ2n) is 8.07. The number of carbonyl (C=O) groups excluding carboxylic acids is 1. The summed E-state index contributed by atoms with van der Waals surface area (Å²) in [6, 6.07) is 6.87. The molecule has 2 saturated heterocycles. The van der Waals surface area contributed by atoms with Gasteiger partial charge in [-0.3, -0.25) is 9.69 Å². The summed E-state index contributed by atoms with van der Waals surface area (Å²) in [5.41, 5.74) is 3.53. The van der Waals surface area contributed by atoms with Crippen LogP contribution < -0.4 is 10.6 Å². The lowest BCUT2D eigenvalue weighted by Crippen LogP contribution is -2.40. The van der Waals surface area contributed by atoms with Gasteiger partial charge in [-0.25, -0.2) is 0 Å². The molecule has 0 bridgehead atoms. The summed E-state index contributed by atoms with van der Waals surface area (Å²) in [7, 11) is 0. The summed E-state index contributed by atoms with van der Waals surface area (Å²) in [6.45, 7) is 5.46. The molecule has 2 heterocycles. The van der Waals surface area contributed by atoms with E-state index in [2.05, 4.69) is 34.6 Å². The van der Waals surface area contributed by atoms with Crippen LogP contribution in [-0.4, -0.2) is 47.5 Å². The SMILES string of the molecule is Cc1c(CN2CCSCC2)cccc1NC(=O)C1CC2CCCCC2N1. The van der Waals surface area contributed by atoms with Crippen LogP contribution in [-0.2, 0) is 11.3 Å². The second-order valence-corrected chi connectivity index (χ2v) is 9.30. The highest BCUT2D eigenvalue weighted by molar-refractivity contribution is 7.99. The van der Waals surface area contributed by atoms with E-state index in [4.69, 9.17) is 0 Å². The van der Waals surface area contributed by atoms with Crippen molar-refractivity contribution in [3.8, 4) is 0 Å². The number of nitrogens with one attached hydrogen (secondary N) is 2. The van der Waals surface area contributed by atoms with E-state index in [1.54, 1.807) is 0 Å². The van der Waals surface area contributed by atoms with Crippen LogP contribution in [0.2, 0.25) is 0 Å². The van der Waals surface area contributed by atoms with Gasteiger partial charge in [-0.05, 0) is 49.3 Å². The Morgan fingerprint density at radius 2 is 2.08 bits per heavy atom. The Labute approximate surface area is 161 Å². The number of rotatable bonds is 4. The first kappa shape index (κ1) is 18.3. The smallest absolute Gasteiger partial charge is 0.241 e. The van der Waals surface area contributed by atoms with Crippen molar-refractivity contribution < 1.29 is 4.79 Å². The molecule has 3 fully saturated rings. The zero-order chi connectivity index (χ0) is 17.9. The molecule has 0 radical (unpaired) electrons. The molecule has 3 unspecified atom stereocenters. The maximum atomic E-state index is 12.8. The van der Waals surface area contributed by atoms with Crippen molar-refractivity contribution in [2.75, 3.05) is 29.9 Å². The lowest BCUT2D eigenvalue weighted by Gasteiger charge is -2.27. The summed E-state index contributed by atoms with van der Waals surface area (Å²) in [6.07, 6.45) is 6.15. The van der Waals surface area contributed by atoms with E-state index in [0.29, 0.717) is 12.0 Å². The molecule has 1 aliphatic carbocycles. The Hall–Kier alpha value is -1.04. The van der Waals surface area contributed by atoms with Crippen LogP contribution in [0.25, 0.3) is 0 Å². The first-order valence-electron chi connectivity index (χ1n) is 10.2. The Morgan fingerprint density at radius 1 is 1.27 bits per heavy atom. The van der Waals surface area contributed by atoms with Crippen molar-refractivity contribution >= 4 is 23.4 Å². The van der Waals surface area contributed by atoms with Crippen LogP contribution in [0.5, 0.6) is 0 Å². The van der Waals surface area contributed by atoms with Crippen LogP contribution in [0, 0.1) is 12.8 Å². The number of benzene rings is 1. The normalized spacial score (nSPS) is 29.3. The minimum absolute atomic E-state index is 0.0229. The van der Waals surface area contributed by atoms with Gasteiger partial charge in [0.05, 0.1) is 6.04 Å². The summed E-state index contributed by atoms with van der Waals surface area (Å²) >= 11 is 2.04. The van der Waals surface area contributed by atoms with Crippen molar-refractivity contribution in [1.29, 1.82) is 0 Å². The number of thioether (sulfide) groups is 1. The van der Waals surface area contributed by atoms with E-state index >= 15 is 0 Å². The fourth-order valence-electron chi connectivity index (χ4n) is 4.73. The van der Waals surface area contributed by atoms with Crippen molar-refractivity contribution in [1.82, 2.24) is 10.2 Å². The molecule has 1 amide bonds. The highest BCUT2D eigenvalue weighted by Crippen LogP contribution is 2.33. The van der Waals surface area contributed by atoms with Gasteiger partial charge in [0.25, 0.3) is 0 Å². The predicted octanol–water partition coefficient (Wildman–Crippen LogP) is 3.40. The standard InChI is InChI=1S/C21H31N3OS/c1-15-17(14-24-9-11-26-12-10-24)6-4-8-18(15)23-21(25)20-13-16-5-2-3-7-19(16)22-20/h4,6,8,16,19-20,22H,2-3,5,7,9-14H2,1H3,(H,23,25). The maximum Gasteiger partial charge on any atom is 0.241 e. The molecule has 1 saturated carbocycles. The zero-order valence-corrected chi connectivity index (χ0v) is 16.6. The Kier molecular flexibility index (Phi) is 5.87. The number of hydrogen-bond acceptors (Lipinski definition) is 4. The average Bonchev–Trinajstić information content (AvgIpc) is 3.10. The van der Waals surface area contributed by atoms with Crippen molar-refractivity contribution in [2.24, 2.45) is 5.92 Å². The minimum atomic E-state index is -0.0229. The highest BCUT2D eigenvalue weighted by Gasteiger charge is 2.38. The van der Waals surface area contributed by atoms with Gasteiger partial charge in [-0.2, -0.15) is 11.8 Å². The number of carbonyl (C=O) groups is 1. The topological polar surface area (TPSA) is 44.4 Å². The Bertz CT molecular complexity index is 630.